The zero-order valence-corrected chi connectivity index (χ0v) is 13.1. The van der Waals surface area contributed by atoms with Gasteiger partial charge in [-0.25, -0.2) is 0 Å². The number of nitrogens with one attached hydrogen (secondary N) is 1. The van der Waals surface area contributed by atoms with Crippen molar-refractivity contribution in [1.82, 2.24) is 10.2 Å². The van der Waals surface area contributed by atoms with Gasteiger partial charge < -0.3 is 11.1 Å². The number of nitrogens with zero attached hydrogens (tertiary/aromatic N) is 1. The molecule has 0 aromatic heterocycles. The third kappa shape index (κ3) is 4.46. The molecule has 3 N–H and O–H groups in total. The van der Waals surface area contributed by atoms with Crippen LogP contribution in [0.1, 0.15) is 44.6 Å². The number of likely N-dealkylation sites (N-methyl/N-ethyl adjacent to an activating group) is 1. The summed E-state index contributed by atoms with van der Waals surface area (Å²) < 4.78 is 0. The summed E-state index contributed by atoms with van der Waals surface area (Å²) >= 11 is 0. The first-order valence-corrected chi connectivity index (χ1v) is 7.92. The van der Waals surface area contributed by atoms with E-state index in [-0.39, 0.29) is 11.9 Å². The predicted molar refractivity (Wildman–Crippen MR) is 86.8 cm³/mol. The van der Waals surface area contributed by atoms with Crippen LogP contribution < -0.4 is 11.1 Å². The fraction of sp³-hybridized carbons (Fsp3) is 0.588. The van der Waals surface area contributed by atoms with Crippen LogP contribution in [0.4, 0.5) is 5.69 Å². The highest BCUT2D eigenvalue weighted by atomic mass is 16.2. The van der Waals surface area contributed by atoms with E-state index in [2.05, 4.69) is 5.32 Å². The molecular formula is C17H27N3O. The lowest BCUT2D eigenvalue weighted by Gasteiger charge is -2.28. The van der Waals surface area contributed by atoms with Crippen molar-refractivity contribution >= 4 is 11.6 Å². The Kier molecular flexibility index (Phi) is 5.62. The second kappa shape index (κ2) is 7.46. The third-order valence-electron chi connectivity index (χ3n) is 4.47. The molecule has 1 unspecified atom stereocenters. The molecule has 0 heterocycles. The Morgan fingerprint density at radius 3 is 2.67 bits per heavy atom. The highest BCUT2D eigenvalue weighted by molar-refractivity contribution is 5.81. The van der Waals surface area contributed by atoms with Crippen LogP contribution in [0.3, 0.4) is 0 Å². The molecular weight excluding hydrogens is 262 g/mol. The van der Waals surface area contributed by atoms with Gasteiger partial charge in [0.1, 0.15) is 0 Å². The van der Waals surface area contributed by atoms with E-state index in [0.29, 0.717) is 12.6 Å². The summed E-state index contributed by atoms with van der Waals surface area (Å²) in [6.07, 6.45) is 6.00. The first kappa shape index (κ1) is 15.8. The molecule has 1 amide bonds. The molecule has 0 saturated heterocycles. The van der Waals surface area contributed by atoms with Gasteiger partial charge in [0.25, 0.3) is 0 Å². The fourth-order valence-electron chi connectivity index (χ4n) is 2.85. The van der Waals surface area contributed by atoms with E-state index in [0.717, 1.165) is 24.1 Å². The molecule has 1 saturated carbocycles. The number of rotatable bonds is 5. The standard InChI is InChI=1S/C17H27N3O/c1-13(17(21)19-15-9-4-3-5-10-15)20(2)12-14-8-6-7-11-16(14)18/h6-8,11,13,15H,3-5,9-10,12,18H2,1-2H3,(H,19,21). The highest BCUT2D eigenvalue weighted by Gasteiger charge is 2.22. The normalized spacial score (nSPS) is 17.7. The maximum Gasteiger partial charge on any atom is 0.237 e. The average molecular weight is 289 g/mol. The molecule has 4 heteroatoms. The second-order valence-electron chi connectivity index (χ2n) is 6.13. The Morgan fingerprint density at radius 1 is 1.33 bits per heavy atom. The molecule has 0 radical (unpaired) electrons. The number of hydrogen-bond donors (Lipinski definition) is 2. The lowest BCUT2D eigenvalue weighted by Crippen LogP contribution is -2.47. The smallest absolute Gasteiger partial charge is 0.237 e. The number of carbonyl (C=O) groups excluding carboxylic acids is 1. The molecule has 4 nitrogen and oxygen atoms in total. The molecule has 1 atom stereocenters. The van der Waals surface area contributed by atoms with E-state index in [1.807, 2.05) is 43.1 Å². The zero-order valence-electron chi connectivity index (χ0n) is 13.1. The quantitative estimate of drug-likeness (QED) is 0.819. The number of nitrogen functional groups attached to an aromatic ring is 1. The van der Waals surface area contributed by atoms with Gasteiger partial charge in [-0.1, -0.05) is 37.5 Å². The molecule has 0 spiro atoms. The van der Waals surface area contributed by atoms with Crippen LogP contribution in [0.5, 0.6) is 0 Å². The van der Waals surface area contributed by atoms with Crippen molar-refractivity contribution in [2.75, 3.05) is 12.8 Å². The minimum Gasteiger partial charge on any atom is -0.398 e. The number of carbonyl (C=O) groups is 1. The second-order valence-corrected chi connectivity index (χ2v) is 6.13. The van der Waals surface area contributed by atoms with E-state index in [4.69, 9.17) is 5.73 Å². The van der Waals surface area contributed by atoms with Gasteiger partial charge in [0.05, 0.1) is 6.04 Å². The average Bonchev–Trinajstić information content (AvgIpc) is 2.49. The Morgan fingerprint density at radius 2 is 2.00 bits per heavy atom. The van der Waals surface area contributed by atoms with E-state index in [9.17, 15) is 4.79 Å². The third-order valence-corrected chi connectivity index (χ3v) is 4.47. The van der Waals surface area contributed by atoms with Crippen LogP contribution >= 0.6 is 0 Å². The Balaban J connectivity index is 1.87. The van der Waals surface area contributed by atoms with Crippen LogP contribution in [-0.2, 0) is 11.3 Å². The molecule has 0 aliphatic heterocycles. The highest BCUT2D eigenvalue weighted by Crippen LogP contribution is 2.18. The summed E-state index contributed by atoms with van der Waals surface area (Å²) in [7, 11) is 1.97. The van der Waals surface area contributed by atoms with Crippen molar-refractivity contribution in [2.24, 2.45) is 0 Å². The molecule has 1 aromatic rings. The van der Waals surface area contributed by atoms with Crippen molar-refractivity contribution in [3.8, 4) is 0 Å². The molecule has 1 fully saturated rings. The number of hydrogen-bond acceptors (Lipinski definition) is 3. The van der Waals surface area contributed by atoms with Gasteiger partial charge in [-0.3, -0.25) is 9.69 Å². The van der Waals surface area contributed by atoms with E-state index in [1.54, 1.807) is 0 Å². The molecule has 116 valence electrons. The molecule has 21 heavy (non-hydrogen) atoms. The molecule has 1 aromatic carbocycles. The van der Waals surface area contributed by atoms with Crippen LogP contribution in [0.25, 0.3) is 0 Å². The van der Waals surface area contributed by atoms with E-state index >= 15 is 0 Å². The number of nitrogens with two attached hydrogens (primary N) is 1. The van der Waals surface area contributed by atoms with Crippen molar-refractivity contribution < 1.29 is 4.79 Å². The maximum atomic E-state index is 12.3. The van der Waals surface area contributed by atoms with Crippen molar-refractivity contribution in [2.45, 2.75) is 57.7 Å². The lowest BCUT2D eigenvalue weighted by molar-refractivity contribution is -0.126. The van der Waals surface area contributed by atoms with Gasteiger partial charge in [0, 0.05) is 18.3 Å². The summed E-state index contributed by atoms with van der Waals surface area (Å²) in [6, 6.07) is 8.04. The van der Waals surface area contributed by atoms with Crippen molar-refractivity contribution in [3.63, 3.8) is 0 Å². The Bertz CT molecular complexity index is 469. The van der Waals surface area contributed by atoms with Gasteiger partial charge in [0.15, 0.2) is 0 Å². The van der Waals surface area contributed by atoms with Gasteiger partial charge in [0.2, 0.25) is 5.91 Å². The monoisotopic (exact) mass is 289 g/mol. The van der Waals surface area contributed by atoms with Crippen molar-refractivity contribution in [1.29, 1.82) is 0 Å². The predicted octanol–water partition coefficient (Wildman–Crippen LogP) is 2.54. The largest absolute Gasteiger partial charge is 0.398 e. The van der Waals surface area contributed by atoms with E-state index in [1.165, 1.54) is 19.3 Å². The summed E-state index contributed by atoms with van der Waals surface area (Å²) in [5.74, 6) is 0.124. The Labute approximate surface area is 127 Å². The summed E-state index contributed by atoms with van der Waals surface area (Å²) in [5.41, 5.74) is 7.82. The van der Waals surface area contributed by atoms with Gasteiger partial charge in [-0.15, -0.1) is 0 Å². The topological polar surface area (TPSA) is 58.4 Å². The first-order valence-electron chi connectivity index (χ1n) is 7.92. The number of anilines is 1. The number of amides is 1. The van der Waals surface area contributed by atoms with Crippen LogP contribution in [0, 0.1) is 0 Å². The summed E-state index contributed by atoms with van der Waals surface area (Å²) in [6.45, 7) is 2.64. The van der Waals surface area contributed by atoms with Gasteiger partial charge in [-0.2, -0.15) is 0 Å². The lowest BCUT2D eigenvalue weighted by atomic mass is 9.95. The van der Waals surface area contributed by atoms with Crippen LogP contribution in [-0.4, -0.2) is 29.9 Å². The summed E-state index contributed by atoms with van der Waals surface area (Å²) in [5, 5.41) is 3.19. The fourth-order valence-corrected chi connectivity index (χ4v) is 2.85. The molecule has 1 aliphatic carbocycles. The minimum atomic E-state index is -0.147. The molecule has 0 bridgehead atoms. The maximum absolute atomic E-state index is 12.3. The minimum absolute atomic E-state index is 0.124. The number of para-hydroxylation sites is 1. The van der Waals surface area contributed by atoms with Crippen LogP contribution in [0.2, 0.25) is 0 Å². The summed E-state index contributed by atoms with van der Waals surface area (Å²) in [4.78, 5) is 14.4. The van der Waals surface area contributed by atoms with Crippen molar-refractivity contribution in [3.05, 3.63) is 29.8 Å². The zero-order chi connectivity index (χ0) is 15.2. The van der Waals surface area contributed by atoms with Gasteiger partial charge in [-0.05, 0) is 38.4 Å². The van der Waals surface area contributed by atoms with Crippen LogP contribution in [0.15, 0.2) is 24.3 Å². The van der Waals surface area contributed by atoms with E-state index < -0.39 is 0 Å². The van der Waals surface area contributed by atoms with Gasteiger partial charge >= 0.3 is 0 Å². The SMILES string of the molecule is CC(C(=O)NC1CCCCC1)N(C)Cc1ccccc1N. The number of benzene rings is 1. The Hall–Kier alpha value is -1.55. The first-order chi connectivity index (χ1) is 10.1. The molecule has 2 rings (SSSR count). The molecule has 1 aliphatic rings.